The van der Waals surface area contributed by atoms with Crippen molar-refractivity contribution in [1.82, 2.24) is 5.32 Å². The summed E-state index contributed by atoms with van der Waals surface area (Å²) in [7, 11) is 0. The molecule has 114 valence electrons. The van der Waals surface area contributed by atoms with E-state index in [9.17, 15) is 18.4 Å². The van der Waals surface area contributed by atoms with Gasteiger partial charge >= 0.3 is 12.0 Å². The Kier molecular flexibility index (Phi) is 4.72. The van der Waals surface area contributed by atoms with Gasteiger partial charge in [0, 0.05) is 6.04 Å². The van der Waals surface area contributed by atoms with Crippen LogP contribution in [0.2, 0.25) is 0 Å². The lowest BCUT2D eigenvalue weighted by atomic mass is 9.86. The Labute approximate surface area is 120 Å². The number of carbonyl (C=O) groups is 2. The molecule has 5 nitrogen and oxygen atoms in total. The number of urea groups is 1. The number of carboxylic acids is 1. The lowest BCUT2D eigenvalue weighted by Crippen LogP contribution is -2.42. The molecule has 0 radical (unpaired) electrons. The number of nitrogens with one attached hydrogen (secondary N) is 2. The molecule has 0 bridgehead atoms. The maximum atomic E-state index is 13.4. The number of carbonyl (C=O) groups excluding carboxylic acids is 1. The van der Waals surface area contributed by atoms with E-state index in [0.717, 1.165) is 6.07 Å². The molecular formula is C14H16F2N2O3. The molecule has 1 aliphatic rings. The summed E-state index contributed by atoms with van der Waals surface area (Å²) in [4.78, 5) is 22.7. The van der Waals surface area contributed by atoms with Gasteiger partial charge in [0.15, 0.2) is 11.6 Å². The summed E-state index contributed by atoms with van der Waals surface area (Å²) in [5, 5.41) is 13.8. The van der Waals surface area contributed by atoms with Gasteiger partial charge in [-0.1, -0.05) is 12.5 Å². The summed E-state index contributed by atoms with van der Waals surface area (Å²) < 4.78 is 26.4. The predicted octanol–water partition coefficient (Wildman–Crippen LogP) is 2.73. The van der Waals surface area contributed by atoms with Crippen LogP contribution in [0.5, 0.6) is 0 Å². The number of anilines is 1. The average molecular weight is 298 g/mol. The first-order valence-electron chi connectivity index (χ1n) is 6.71. The second kappa shape index (κ2) is 6.51. The van der Waals surface area contributed by atoms with E-state index < -0.39 is 29.6 Å². The minimum atomic E-state index is -1.13. The third kappa shape index (κ3) is 3.90. The molecule has 0 heterocycles. The third-order valence-electron chi connectivity index (χ3n) is 3.56. The van der Waals surface area contributed by atoms with E-state index >= 15 is 0 Å². The van der Waals surface area contributed by atoms with Crippen LogP contribution in [-0.2, 0) is 4.79 Å². The zero-order chi connectivity index (χ0) is 15.4. The number of halogens is 2. The number of hydrogen-bond acceptors (Lipinski definition) is 2. The van der Waals surface area contributed by atoms with Crippen molar-refractivity contribution in [3.8, 4) is 0 Å². The van der Waals surface area contributed by atoms with Crippen molar-refractivity contribution in [2.45, 2.75) is 31.7 Å². The highest BCUT2D eigenvalue weighted by Gasteiger charge is 2.27. The Morgan fingerprint density at radius 3 is 2.71 bits per heavy atom. The van der Waals surface area contributed by atoms with Gasteiger partial charge in [-0.05, 0) is 31.4 Å². The molecule has 1 saturated carbocycles. The Balaban J connectivity index is 1.92. The van der Waals surface area contributed by atoms with Crippen LogP contribution in [0.3, 0.4) is 0 Å². The van der Waals surface area contributed by atoms with E-state index in [2.05, 4.69) is 10.6 Å². The second-order valence-electron chi connectivity index (χ2n) is 5.10. The number of aliphatic carboxylic acids is 1. The van der Waals surface area contributed by atoms with E-state index in [-0.39, 0.29) is 11.7 Å². The largest absolute Gasteiger partial charge is 0.481 e. The van der Waals surface area contributed by atoms with Gasteiger partial charge < -0.3 is 15.7 Å². The molecule has 3 N–H and O–H groups in total. The molecule has 21 heavy (non-hydrogen) atoms. The molecule has 2 atom stereocenters. The molecule has 1 fully saturated rings. The molecule has 0 spiro atoms. The van der Waals surface area contributed by atoms with Crippen LogP contribution >= 0.6 is 0 Å². The summed E-state index contributed by atoms with van der Waals surface area (Å²) in [5.41, 5.74) is -0.252. The lowest BCUT2D eigenvalue weighted by molar-refractivity contribution is -0.143. The minimum absolute atomic E-state index is 0.252. The molecule has 1 aromatic rings. The van der Waals surface area contributed by atoms with Crippen LogP contribution in [0.25, 0.3) is 0 Å². The van der Waals surface area contributed by atoms with Crippen molar-refractivity contribution in [2.75, 3.05) is 5.32 Å². The molecule has 0 saturated heterocycles. The summed E-state index contributed by atoms with van der Waals surface area (Å²) in [6, 6.07) is 2.54. The van der Waals surface area contributed by atoms with Crippen molar-refractivity contribution < 1.29 is 23.5 Å². The van der Waals surface area contributed by atoms with Crippen molar-refractivity contribution in [2.24, 2.45) is 5.92 Å². The first-order chi connectivity index (χ1) is 9.97. The third-order valence-corrected chi connectivity index (χ3v) is 3.56. The van der Waals surface area contributed by atoms with Gasteiger partial charge in [0.2, 0.25) is 0 Å². The van der Waals surface area contributed by atoms with E-state index in [1.54, 1.807) is 0 Å². The van der Waals surface area contributed by atoms with E-state index in [0.29, 0.717) is 25.7 Å². The van der Waals surface area contributed by atoms with Gasteiger partial charge in [-0.15, -0.1) is 0 Å². The molecule has 1 aliphatic carbocycles. The molecule has 2 rings (SSSR count). The maximum Gasteiger partial charge on any atom is 0.319 e. The van der Waals surface area contributed by atoms with Gasteiger partial charge in [0.25, 0.3) is 0 Å². The average Bonchev–Trinajstić information content (AvgIpc) is 2.44. The van der Waals surface area contributed by atoms with Gasteiger partial charge in [-0.25, -0.2) is 13.6 Å². The number of amides is 2. The molecule has 2 unspecified atom stereocenters. The monoisotopic (exact) mass is 298 g/mol. The Hall–Kier alpha value is -2.18. The summed E-state index contributed by atoms with van der Waals surface area (Å²) in [6.45, 7) is 0. The van der Waals surface area contributed by atoms with Crippen LogP contribution in [-0.4, -0.2) is 23.1 Å². The Bertz CT molecular complexity index is 551. The first-order valence-corrected chi connectivity index (χ1v) is 6.71. The van der Waals surface area contributed by atoms with Crippen molar-refractivity contribution >= 4 is 17.7 Å². The van der Waals surface area contributed by atoms with Crippen LogP contribution in [0.15, 0.2) is 18.2 Å². The SMILES string of the molecule is O=C(Nc1cccc(F)c1F)NC1CCCC(C(=O)O)C1. The smallest absolute Gasteiger partial charge is 0.319 e. The van der Waals surface area contributed by atoms with Gasteiger partial charge in [0.05, 0.1) is 11.6 Å². The van der Waals surface area contributed by atoms with Crippen LogP contribution < -0.4 is 10.6 Å². The zero-order valence-corrected chi connectivity index (χ0v) is 11.2. The molecule has 1 aromatic carbocycles. The second-order valence-corrected chi connectivity index (χ2v) is 5.10. The fourth-order valence-corrected chi connectivity index (χ4v) is 2.49. The van der Waals surface area contributed by atoms with Crippen molar-refractivity contribution in [1.29, 1.82) is 0 Å². The van der Waals surface area contributed by atoms with Crippen LogP contribution in [0.1, 0.15) is 25.7 Å². The molecule has 0 aromatic heterocycles. The topological polar surface area (TPSA) is 78.4 Å². The van der Waals surface area contributed by atoms with Gasteiger partial charge in [-0.2, -0.15) is 0 Å². The highest BCUT2D eigenvalue weighted by atomic mass is 19.2. The van der Waals surface area contributed by atoms with Crippen molar-refractivity contribution in [3.05, 3.63) is 29.8 Å². The normalized spacial score (nSPS) is 21.6. The van der Waals surface area contributed by atoms with E-state index in [1.807, 2.05) is 0 Å². The molecule has 0 aliphatic heterocycles. The minimum Gasteiger partial charge on any atom is -0.481 e. The molecule has 2 amide bonds. The lowest BCUT2D eigenvalue weighted by Gasteiger charge is -2.27. The quantitative estimate of drug-likeness (QED) is 0.803. The highest BCUT2D eigenvalue weighted by Crippen LogP contribution is 2.24. The summed E-state index contributed by atoms with van der Waals surface area (Å²) in [5.74, 6) is -3.52. The fraction of sp³-hybridized carbons (Fsp3) is 0.429. The van der Waals surface area contributed by atoms with E-state index in [1.165, 1.54) is 12.1 Å². The first kappa shape index (κ1) is 15.2. The van der Waals surface area contributed by atoms with E-state index in [4.69, 9.17) is 5.11 Å². The van der Waals surface area contributed by atoms with Crippen molar-refractivity contribution in [3.63, 3.8) is 0 Å². The van der Waals surface area contributed by atoms with Gasteiger partial charge in [-0.3, -0.25) is 4.79 Å². The Morgan fingerprint density at radius 2 is 2.00 bits per heavy atom. The van der Waals surface area contributed by atoms with Gasteiger partial charge in [0.1, 0.15) is 0 Å². The standard InChI is InChI=1S/C14H16F2N2O3/c15-10-5-2-6-11(12(10)16)18-14(21)17-9-4-1-3-8(7-9)13(19)20/h2,5-6,8-9H,1,3-4,7H2,(H,19,20)(H2,17,18,21). The number of benzene rings is 1. The molecular weight excluding hydrogens is 282 g/mol. The number of carboxylic acid groups (broad SMARTS) is 1. The highest BCUT2D eigenvalue weighted by molar-refractivity contribution is 5.89. The zero-order valence-electron chi connectivity index (χ0n) is 11.2. The number of hydrogen-bond donors (Lipinski definition) is 3. The number of rotatable bonds is 3. The molecule has 7 heteroatoms. The maximum absolute atomic E-state index is 13.4. The van der Waals surface area contributed by atoms with Crippen LogP contribution in [0, 0.1) is 17.6 Å². The summed E-state index contributed by atoms with van der Waals surface area (Å²) in [6.07, 6.45) is 2.31. The Morgan fingerprint density at radius 1 is 1.24 bits per heavy atom. The fourth-order valence-electron chi connectivity index (χ4n) is 2.49. The predicted molar refractivity (Wildman–Crippen MR) is 71.9 cm³/mol. The summed E-state index contributed by atoms with van der Waals surface area (Å²) >= 11 is 0. The van der Waals surface area contributed by atoms with Crippen LogP contribution in [0.4, 0.5) is 19.3 Å².